The van der Waals surface area contributed by atoms with Gasteiger partial charge in [0, 0.05) is 42.9 Å². The van der Waals surface area contributed by atoms with E-state index in [0.717, 1.165) is 46.0 Å². The molecule has 0 spiro atoms. The number of hydrogen-bond donors (Lipinski definition) is 1. The van der Waals surface area contributed by atoms with E-state index in [1.165, 1.54) is 0 Å². The molecule has 1 aliphatic carbocycles. The molecule has 3 aromatic heterocycles. The highest BCUT2D eigenvalue weighted by Gasteiger charge is 2.31. The fraction of sp³-hybridized carbons (Fsp3) is 0.391. The summed E-state index contributed by atoms with van der Waals surface area (Å²) >= 11 is 0. The number of carbonyl (C=O) groups excluding carboxylic acids is 1. The van der Waals surface area contributed by atoms with Crippen molar-refractivity contribution >= 4 is 27.8 Å². The second kappa shape index (κ2) is 6.80. The monoisotopic (exact) mass is 416 g/mol. The molecule has 158 valence electrons. The summed E-state index contributed by atoms with van der Waals surface area (Å²) in [4.78, 5) is 21.3. The smallest absolute Gasteiger partial charge is 0.241 e. The minimum absolute atomic E-state index is 0.0834. The van der Waals surface area contributed by atoms with Gasteiger partial charge in [-0.15, -0.1) is 0 Å². The number of aryl methyl sites for hydroxylation is 1. The van der Waals surface area contributed by atoms with E-state index in [9.17, 15) is 4.79 Å². The molecule has 1 aliphatic heterocycles. The summed E-state index contributed by atoms with van der Waals surface area (Å²) in [5, 5.41) is 8.31. The van der Waals surface area contributed by atoms with Crippen LogP contribution < -0.4 is 10.1 Å². The van der Waals surface area contributed by atoms with Gasteiger partial charge in [0.1, 0.15) is 11.6 Å². The number of ether oxygens (including phenoxy) is 1. The van der Waals surface area contributed by atoms with Crippen LogP contribution in [0.1, 0.15) is 32.2 Å². The van der Waals surface area contributed by atoms with Crippen molar-refractivity contribution in [3.8, 4) is 17.1 Å². The number of nitrogens with zero attached hydrogens (tertiary/aromatic N) is 5. The third-order valence-corrected chi connectivity index (χ3v) is 6.47. The Bertz CT molecular complexity index is 1320. The largest absolute Gasteiger partial charge is 0.473 e. The Morgan fingerprint density at radius 3 is 2.90 bits per heavy atom. The maximum Gasteiger partial charge on any atom is 0.241 e. The Morgan fingerprint density at radius 1 is 1.26 bits per heavy atom. The summed E-state index contributed by atoms with van der Waals surface area (Å²) in [5.41, 5.74) is 4.72. The number of pyridine rings is 1. The van der Waals surface area contributed by atoms with Crippen molar-refractivity contribution < 1.29 is 9.53 Å². The number of nitrogens with one attached hydrogen (secondary N) is 1. The Morgan fingerprint density at radius 2 is 2.13 bits per heavy atom. The van der Waals surface area contributed by atoms with E-state index >= 15 is 0 Å². The predicted octanol–water partition coefficient (Wildman–Crippen LogP) is 3.22. The van der Waals surface area contributed by atoms with Gasteiger partial charge in [-0.1, -0.05) is 6.07 Å². The van der Waals surface area contributed by atoms with Gasteiger partial charge in [-0.25, -0.2) is 9.97 Å². The highest BCUT2D eigenvalue weighted by molar-refractivity contribution is 5.88. The quantitative estimate of drug-likeness (QED) is 0.540. The van der Waals surface area contributed by atoms with E-state index in [4.69, 9.17) is 9.72 Å². The first kappa shape index (κ1) is 18.4. The lowest BCUT2D eigenvalue weighted by Crippen LogP contribution is -2.26. The van der Waals surface area contributed by atoms with Crippen molar-refractivity contribution in [2.24, 2.45) is 13.0 Å². The summed E-state index contributed by atoms with van der Waals surface area (Å²) in [6.07, 6.45) is 6.43. The van der Waals surface area contributed by atoms with E-state index in [2.05, 4.69) is 38.2 Å². The van der Waals surface area contributed by atoms with E-state index in [1.807, 2.05) is 37.2 Å². The molecule has 1 saturated carbocycles. The zero-order valence-electron chi connectivity index (χ0n) is 17.6. The first-order valence-electron chi connectivity index (χ1n) is 10.8. The van der Waals surface area contributed by atoms with E-state index in [-0.39, 0.29) is 17.9 Å². The van der Waals surface area contributed by atoms with Gasteiger partial charge in [-0.2, -0.15) is 5.10 Å². The third kappa shape index (κ3) is 3.13. The highest BCUT2D eigenvalue weighted by Crippen LogP contribution is 2.40. The van der Waals surface area contributed by atoms with Crippen molar-refractivity contribution in [2.45, 2.75) is 38.3 Å². The molecule has 1 saturated heterocycles. The fourth-order valence-corrected chi connectivity index (χ4v) is 4.44. The third-order valence-electron chi connectivity index (χ3n) is 6.47. The second-order valence-corrected chi connectivity index (χ2v) is 8.70. The molecule has 0 bridgehead atoms. The number of hydrogen-bond acceptors (Lipinski definition) is 5. The van der Waals surface area contributed by atoms with Crippen molar-refractivity contribution in [1.29, 1.82) is 0 Å². The average Bonchev–Trinajstić information content (AvgIpc) is 3.18. The normalized spacial score (nSPS) is 19.8. The summed E-state index contributed by atoms with van der Waals surface area (Å²) in [6.45, 7) is 2.66. The molecule has 31 heavy (non-hydrogen) atoms. The van der Waals surface area contributed by atoms with Gasteiger partial charge in [0.2, 0.25) is 11.8 Å². The molecular weight excluding hydrogens is 392 g/mol. The number of carbonyl (C=O) groups is 1. The molecular formula is C23H24N6O2. The molecule has 2 fully saturated rings. The molecule has 8 nitrogen and oxygen atoms in total. The van der Waals surface area contributed by atoms with Gasteiger partial charge < -0.3 is 14.6 Å². The summed E-state index contributed by atoms with van der Waals surface area (Å²) in [5.74, 6) is 0.812. The molecule has 1 amide bonds. The maximum absolute atomic E-state index is 11.7. The number of aromatic nitrogens is 5. The van der Waals surface area contributed by atoms with Crippen LogP contribution in [-0.4, -0.2) is 42.9 Å². The van der Waals surface area contributed by atoms with Gasteiger partial charge in [0.25, 0.3) is 0 Å². The van der Waals surface area contributed by atoms with E-state index in [1.54, 1.807) is 0 Å². The highest BCUT2D eigenvalue weighted by atomic mass is 16.5. The summed E-state index contributed by atoms with van der Waals surface area (Å²) < 4.78 is 10.5. The molecule has 1 aromatic carbocycles. The predicted molar refractivity (Wildman–Crippen MR) is 117 cm³/mol. The Kier molecular flexibility index (Phi) is 4.03. The van der Waals surface area contributed by atoms with Crippen molar-refractivity contribution in [3.63, 3.8) is 0 Å². The van der Waals surface area contributed by atoms with Gasteiger partial charge in [-0.3, -0.25) is 9.48 Å². The van der Waals surface area contributed by atoms with Crippen molar-refractivity contribution in [1.82, 2.24) is 29.6 Å². The van der Waals surface area contributed by atoms with Crippen LogP contribution in [0.5, 0.6) is 5.88 Å². The zero-order valence-corrected chi connectivity index (χ0v) is 17.6. The topological polar surface area (TPSA) is 86.9 Å². The zero-order chi connectivity index (χ0) is 21.1. The van der Waals surface area contributed by atoms with E-state index < -0.39 is 0 Å². The summed E-state index contributed by atoms with van der Waals surface area (Å²) in [6, 6.07) is 8.72. The Hall–Kier alpha value is -3.42. The van der Waals surface area contributed by atoms with Gasteiger partial charge in [0.05, 0.1) is 29.3 Å². The molecule has 2 aliphatic rings. The molecule has 4 aromatic rings. The number of amides is 1. The lowest BCUT2D eigenvalue weighted by Gasteiger charge is -2.20. The first-order valence-corrected chi connectivity index (χ1v) is 10.8. The number of rotatable bonds is 5. The molecule has 4 heterocycles. The van der Waals surface area contributed by atoms with Crippen LogP contribution in [0.4, 0.5) is 0 Å². The Balaban J connectivity index is 1.44. The molecule has 0 radical (unpaired) electrons. The molecule has 0 unspecified atom stereocenters. The lowest BCUT2D eigenvalue weighted by molar-refractivity contribution is -0.119. The number of benzene rings is 1. The summed E-state index contributed by atoms with van der Waals surface area (Å²) in [7, 11) is 1.94. The molecule has 6 rings (SSSR count). The SMILES string of the molecule is C[C@@H](Oc1nc(-c2ccc3c(cnn3C)c2)cc2ncn(C3CC3)c12)[C@H]1CNC(=O)C1. The average molecular weight is 416 g/mol. The van der Waals surface area contributed by atoms with Crippen LogP contribution in [0.3, 0.4) is 0 Å². The molecule has 1 N–H and O–H groups in total. The van der Waals surface area contributed by atoms with Crippen LogP contribution in [0.15, 0.2) is 36.8 Å². The van der Waals surface area contributed by atoms with Crippen LogP contribution >= 0.6 is 0 Å². The fourth-order valence-electron chi connectivity index (χ4n) is 4.44. The standard InChI is InChI=1S/C23H24N6O2/c1-13(15-8-21(30)24-10-15)31-23-22-19(25-12-29(22)17-4-5-17)9-18(27-23)14-3-6-20-16(7-14)11-26-28(20)2/h3,6-7,9,11-13,15,17H,4-5,8,10H2,1-2H3,(H,24,30)/t13-,15-/m1/s1. The Labute approximate surface area is 179 Å². The number of imidazole rings is 1. The minimum Gasteiger partial charge on any atom is -0.473 e. The lowest BCUT2D eigenvalue weighted by atomic mass is 10.0. The van der Waals surface area contributed by atoms with Gasteiger partial charge >= 0.3 is 0 Å². The number of fused-ring (bicyclic) bond motifs is 2. The maximum atomic E-state index is 11.7. The van der Waals surface area contributed by atoms with Crippen molar-refractivity contribution in [3.05, 3.63) is 36.8 Å². The molecule has 2 atom stereocenters. The van der Waals surface area contributed by atoms with Crippen LogP contribution in [0, 0.1) is 5.92 Å². The second-order valence-electron chi connectivity index (χ2n) is 8.70. The van der Waals surface area contributed by atoms with Crippen molar-refractivity contribution in [2.75, 3.05) is 6.54 Å². The van der Waals surface area contributed by atoms with Crippen LogP contribution in [0.25, 0.3) is 33.2 Å². The van der Waals surface area contributed by atoms with Crippen LogP contribution in [0.2, 0.25) is 0 Å². The first-order chi connectivity index (χ1) is 15.1. The van der Waals surface area contributed by atoms with Gasteiger partial charge in [-0.05, 0) is 38.0 Å². The minimum atomic E-state index is -0.131. The molecule has 8 heteroatoms. The van der Waals surface area contributed by atoms with Gasteiger partial charge in [0.15, 0.2) is 0 Å². The van der Waals surface area contributed by atoms with Crippen LogP contribution in [-0.2, 0) is 11.8 Å². The van der Waals surface area contributed by atoms with E-state index in [0.29, 0.717) is 24.9 Å².